The lowest BCUT2D eigenvalue weighted by atomic mass is 9.86. The van der Waals surface area contributed by atoms with E-state index in [1.165, 1.54) is 5.56 Å². The van der Waals surface area contributed by atoms with E-state index in [-0.39, 0.29) is 11.3 Å². The number of nitriles is 1. The number of nitrogens with zero attached hydrogens (tertiary/aromatic N) is 1. The van der Waals surface area contributed by atoms with E-state index in [2.05, 4.69) is 51.1 Å². The summed E-state index contributed by atoms with van der Waals surface area (Å²) in [6.07, 6.45) is 0. The van der Waals surface area contributed by atoms with Gasteiger partial charge in [0.25, 0.3) is 0 Å². The van der Waals surface area contributed by atoms with Crippen molar-refractivity contribution in [2.75, 3.05) is 0 Å². The van der Waals surface area contributed by atoms with Crippen LogP contribution in [0.25, 0.3) is 0 Å². The Hall–Kier alpha value is -1.29. The molecule has 0 aliphatic heterocycles. The lowest BCUT2D eigenvalue weighted by molar-refractivity contribution is 0.590. The Morgan fingerprint density at radius 3 is 2.00 bits per heavy atom. The lowest BCUT2D eigenvalue weighted by Gasteiger charge is -2.19. The highest BCUT2D eigenvalue weighted by atomic mass is 14.3. The summed E-state index contributed by atoms with van der Waals surface area (Å²) in [5.74, 6) is -0.0102. The molecule has 0 aliphatic carbocycles. The van der Waals surface area contributed by atoms with E-state index < -0.39 is 0 Å². The maximum Gasteiger partial charge on any atom is 0.0700 e. The van der Waals surface area contributed by atoms with Gasteiger partial charge in [-0.3, -0.25) is 0 Å². The number of hydrogen-bond donors (Lipinski definition) is 0. The molecule has 0 bridgehead atoms. The van der Waals surface area contributed by atoms with Gasteiger partial charge in [-0.15, -0.1) is 0 Å². The maximum absolute atomic E-state index is 8.77. The third kappa shape index (κ3) is 2.35. The molecule has 1 aromatic carbocycles. The number of benzene rings is 1. The van der Waals surface area contributed by atoms with Crippen molar-refractivity contribution in [1.82, 2.24) is 0 Å². The molecule has 1 aromatic rings. The van der Waals surface area contributed by atoms with E-state index in [0.29, 0.717) is 0 Å². The van der Waals surface area contributed by atoms with Crippen LogP contribution < -0.4 is 0 Å². The molecule has 14 heavy (non-hydrogen) atoms. The van der Waals surface area contributed by atoms with Crippen molar-refractivity contribution in [3.63, 3.8) is 0 Å². The highest BCUT2D eigenvalue weighted by Crippen LogP contribution is 2.24. The van der Waals surface area contributed by atoms with Gasteiger partial charge in [-0.05, 0) is 23.5 Å². The van der Waals surface area contributed by atoms with E-state index >= 15 is 0 Å². The van der Waals surface area contributed by atoms with Crippen LogP contribution >= 0.6 is 0 Å². The van der Waals surface area contributed by atoms with Crippen molar-refractivity contribution < 1.29 is 0 Å². The van der Waals surface area contributed by atoms with Crippen molar-refractivity contribution >= 4 is 0 Å². The Morgan fingerprint density at radius 2 is 1.64 bits per heavy atom. The van der Waals surface area contributed by atoms with Gasteiger partial charge in [-0.25, -0.2) is 0 Å². The average Bonchev–Trinajstić information content (AvgIpc) is 2.15. The first-order chi connectivity index (χ1) is 6.45. The molecule has 0 N–H and O–H groups in total. The van der Waals surface area contributed by atoms with Gasteiger partial charge in [-0.1, -0.05) is 45.0 Å². The molecule has 0 heterocycles. The van der Waals surface area contributed by atoms with Crippen LogP contribution in [0.5, 0.6) is 0 Å². The summed E-state index contributed by atoms with van der Waals surface area (Å²) in [7, 11) is 0. The summed E-state index contributed by atoms with van der Waals surface area (Å²) in [5.41, 5.74) is 2.60. The summed E-state index contributed by atoms with van der Waals surface area (Å²) in [4.78, 5) is 0. The first-order valence-corrected chi connectivity index (χ1v) is 4.95. The summed E-state index contributed by atoms with van der Waals surface area (Å²) >= 11 is 0. The second-order valence-electron chi connectivity index (χ2n) is 4.72. The van der Waals surface area contributed by atoms with E-state index in [9.17, 15) is 0 Å². The van der Waals surface area contributed by atoms with Gasteiger partial charge in [0, 0.05) is 0 Å². The molecule has 1 rings (SSSR count). The molecular weight excluding hydrogens is 170 g/mol. The predicted octanol–water partition coefficient (Wildman–Crippen LogP) is 3.61. The van der Waals surface area contributed by atoms with Crippen LogP contribution in [0.15, 0.2) is 24.3 Å². The van der Waals surface area contributed by atoms with Crippen molar-refractivity contribution in [3.8, 4) is 6.07 Å². The molecule has 1 heteroatoms. The van der Waals surface area contributed by atoms with Crippen molar-refractivity contribution in [3.05, 3.63) is 35.4 Å². The standard InChI is InChI=1S/C13H17N/c1-10(9-14)11-5-7-12(8-6-11)13(2,3)4/h5-8,10H,1-4H3. The molecule has 0 spiro atoms. The minimum Gasteiger partial charge on any atom is -0.198 e. The topological polar surface area (TPSA) is 23.8 Å². The van der Waals surface area contributed by atoms with Crippen LogP contribution in [0.2, 0.25) is 0 Å². The maximum atomic E-state index is 8.77. The SMILES string of the molecule is CC(C#N)c1ccc(C(C)(C)C)cc1. The zero-order valence-corrected chi connectivity index (χ0v) is 9.33. The fourth-order valence-electron chi connectivity index (χ4n) is 1.35. The Balaban J connectivity index is 2.96. The average molecular weight is 187 g/mol. The molecule has 0 amide bonds. The third-order valence-electron chi connectivity index (χ3n) is 2.47. The van der Waals surface area contributed by atoms with Crippen LogP contribution in [0.1, 0.15) is 44.7 Å². The molecular formula is C13H17N. The molecule has 1 unspecified atom stereocenters. The van der Waals surface area contributed by atoms with Crippen molar-refractivity contribution in [2.45, 2.75) is 39.0 Å². The molecule has 0 saturated carbocycles. The van der Waals surface area contributed by atoms with Gasteiger partial charge in [-0.2, -0.15) is 5.26 Å². The van der Waals surface area contributed by atoms with Gasteiger partial charge in [0.15, 0.2) is 0 Å². The molecule has 0 radical (unpaired) electrons. The van der Waals surface area contributed by atoms with Crippen LogP contribution in [0.3, 0.4) is 0 Å². The van der Waals surface area contributed by atoms with E-state index in [1.807, 2.05) is 6.92 Å². The zero-order valence-electron chi connectivity index (χ0n) is 9.33. The number of rotatable bonds is 1. The Morgan fingerprint density at radius 1 is 1.14 bits per heavy atom. The highest BCUT2D eigenvalue weighted by Gasteiger charge is 2.13. The molecule has 0 aromatic heterocycles. The zero-order chi connectivity index (χ0) is 10.8. The first-order valence-electron chi connectivity index (χ1n) is 4.95. The van der Waals surface area contributed by atoms with E-state index in [4.69, 9.17) is 5.26 Å². The lowest BCUT2D eigenvalue weighted by Crippen LogP contribution is -2.10. The smallest absolute Gasteiger partial charge is 0.0700 e. The molecule has 0 aliphatic rings. The van der Waals surface area contributed by atoms with Crippen molar-refractivity contribution in [1.29, 1.82) is 5.26 Å². The summed E-state index contributed by atoms with van der Waals surface area (Å²) in [6.45, 7) is 8.49. The van der Waals surface area contributed by atoms with Crippen LogP contribution in [-0.4, -0.2) is 0 Å². The second-order valence-corrected chi connectivity index (χ2v) is 4.72. The Bertz CT molecular complexity index is 335. The predicted molar refractivity (Wildman–Crippen MR) is 59.2 cm³/mol. The van der Waals surface area contributed by atoms with E-state index in [1.54, 1.807) is 0 Å². The minimum absolute atomic E-state index is 0.0102. The quantitative estimate of drug-likeness (QED) is 0.658. The van der Waals surface area contributed by atoms with Gasteiger partial charge in [0.1, 0.15) is 0 Å². The van der Waals surface area contributed by atoms with Crippen LogP contribution in [0, 0.1) is 11.3 Å². The second kappa shape index (κ2) is 3.84. The van der Waals surface area contributed by atoms with Gasteiger partial charge in [0.05, 0.1) is 12.0 Å². The van der Waals surface area contributed by atoms with Gasteiger partial charge in [0.2, 0.25) is 0 Å². The fourth-order valence-corrected chi connectivity index (χ4v) is 1.35. The van der Waals surface area contributed by atoms with Crippen molar-refractivity contribution in [2.24, 2.45) is 0 Å². The third-order valence-corrected chi connectivity index (χ3v) is 2.47. The van der Waals surface area contributed by atoms with Gasteiger partial charge < -0.3 is 0 Å². The van der Waals surface area contributed by atoms with Crippen LogP contribution in [-0.2, 0) is 5.41 Å². The summed E-state index contributed by atoms with van der Waals surface area (Å²) in [5, 5.41) is 8.77. The minimum atomic E-state index is -0.0102. The fraction of sp³-hybridized carbons (Fsp3) is 0.462. The molecule has 0 fully saturated rings. The van der Waals surface area contributed by atoms with E-state index in [0.717, 1.165) is 5.56 Å². The Labute approximate surface area is 86.4 Å². The Kier molecular flexibility index (Phi) is 2.96. The van der Waals surface area contributed by atoms with Crippen LogP contribution in [0.4, 0.5) is 0 Å². The molecule has 74 valence electrons. The molecule has 1 nitrogen and oxygen atoms in total. The largest absolute Gasteiger partial charge is 0.198 e. The number of hydrogen-bond acceptors (Lipinski definition) is 1. The molecule has 1 atom stereocenters. The summed E-state index contributed by atoms with van der Waals surface area (Å²) < 4.78 is 0. The monoisotopic (exact) mass is 187 g/mol. The summed E-state index contributed by atoms with van der Waals surface area (Å²) in [6, 6.07) is 10.6. The van der Waals surface area contributed by atoms with Gasteiger partial charge >= 0.3 is 0 Å². The normalized spacial score (nSPS) is 13.4. The first kappa shape index (κ1) is 10.8. The highest BCUT2D eigenvalue weighted by molar-refractivity contribution is 5.31. The molecule has 0 saturated heterocycles.